The minimum Gasteiger partial charge on any atom is -0.396 e. The quantitative estimate of drug-likeness (QED) is 0.102. The Morgan fingerprint density at radius 2 is 0.875 bits per heavy atom. The van der Waals surface area contributed by atoms with Crippen LogP contribution in [0.15, 0.2) is 0 Å². The molecule has 32 heavy (non-hydrogen) atoms. The van der Waals surface area contributed by atoms with Crippen molar-refractivity contribution in [3.63, 3.8) is 0 Å². The van der Waals surface area contributed by atoms with E-state index in [0.717, 1.165) is 38.5 Å². The molecule has 0 saturated heterocycles. The summed E-state index contributed by atoms with van der Waals surface area (Å²) >= 11 is 0. The predicted molar refractivity (Wildman–Crippen MR) is 131 cm³/mol. The molecule has 0 aromatic heterocycles. The average molecular weight is 509 g/mol. The van der Waals surface area contributed by atoms with Crippen molar-refractivity contribution < 1.29 is 44.3 Å². The molecule has 0 bridgehead atoms. The third-order valence-corrected chi connectivity index (χ3v) is 8.95. The summed E-state index contributed by atoms with van der Waals surface area (Å²) in [7, 11) is -7.30. The maximum atomic E-state index is 9.89. The molecule has 9 nitrogen and oxygen atoms in total. The van der Waals surface area contributed by atoms with Crippen LogP contribution < -0.4 is 0 Å². The van der Waals surface area contributed by atoms with E-state index in [0.29, 0.717) is 24.7 Å². The zero-order chi connectivity index (χ0) is 25.3. The van der Waals surface area contributed by atoms with Crippen LogP contribution in [0.2, 0.25) is 0 Å². The van der Waals surface area contributed by atoms with Gasteiger partial charge in [0.1, 0.15) is 12.3 Å². The fraction of sp³-hybridized carbons (Fsp3) is 1.00. The molecule has 0 amide bonds. The van der Waals surface area contributed by atoms with Crippen molar-refractivity contribution >= 4 is 15.9 Å². The molecule has 8 N–H and O–H groups in total. The van der Waals surface area contributed by atoms with Gasteiger partial charge in [-0.3, -0.25) is 0 Å². The van der Waals surface area contributed by atoms with Gasteiger partial charge in [-0.2, -0.15) is 19.6 Å². The third-order valence-electron chi connectivity index (χ3n) is 5.06. The highest BCUT2D eigenvalue weighted by molar-refractivity contribution is 7.72. The summed E-state index contributed by atoms with van der Waals surface area (Å²) in [5, 5.41) is 34.0. The van der Waals surface area contributed by atoms with Crippen molar-refractivity contribution in [1.82, 2.24) is 0 Å². The first-order valence-corrected chi connectivity index (χ1v) is 15.2. The number of hydrogen-bond acceptors (Lipinski definition) is 9. The fourth-order valence-corrected chi connectivity index (χ4v) is 6.29. The first-order valence-electron chi connectivity index (χ1n) is 11.6. The van der Waals surface area contributed by atoms with E-state index in [-0.39, 0.29) is 12.3 Å². The van der Waals surface area contributed by atoms with Gasteiger partial charge in [-0.1, -0.05) is 53.4 Å². The maximum absolute atomic E-state index is 9.89. The van der Waals surface area contributed by atoms with Crippen LogP contribution in [0.3, 0.4) is 0 Å². The van der Waals surface area contributed by atoms with Gasteiger partial charge in [0.2, 0.25) is 0 Å². The maximum Gasteiger partial charge on any atom is 0.461 e. The van der Waals surface area contributed by atoms with E-state index in [1.807, 2.05) is 0 Å². The zero-order valence-corrected chi connectivity index (χ0v) is 22.2. The molecule has 0 aromatic carbocycles. The molecular weight excluding hydrogens is 458 g/mol. The highest BCUT2D eigenvalue weighted by atomic mass is 31.3. The van der Waals surface area contributed by atoms with Gasteiger partial charge in [-0.05, 0) is 37.5 Å². The predicted octanol–water partition coefficient (Wildman–Crippen LogP) is 2.87. The van der Waals surface area contributed by atoms with Crippen LogP contribution >= 0.6 is 15.9 Å². The number of unbranched alkanes of at least 4 members (excludes halogenated alkanes) is 4. The van der Waals surface area contributed by atoms with Gasteiger partial charge in [0.25, 0.3) is 0 Å². The van der Waals surface area contributed by atoms with Crippen molar-refractivity contribution in [3.8, 4) is 0 Å². The Kier molecular flexibility index (Phi) is 20.3. The number of aliphatic hydroxyl groups excluding tert-OH is 4. The normalized spacial score (nSPS) is 12.9. The van der Waals surface area contributed by atoms with Gasteiger partial charge in [-0.15, -0.1) is 0 Å². The Balaban J connectivity index is 0. The SMILES string of the molecule is CC(C)CCCCC[P+](O)(O)O[P+](O)(O)CCCCCC(C)C.OCC(CO)(CO)CO. The Bertz CT molecular complexity index is 386. The van der Waals surface area contributed by atoms with E-state index in [1.54, 1.807) is 0 Å². The second-order valence-electron chi connectivity index (χ2n) is 9.48. The van der Waals surface area contributed by atoms with Crippen LogP contribution in [-0.2, 0) is 4.31 Å². The number of hydrogen-bond donors (Lipinski definition) is 8. The van der Waals surface area contributed by atoms with Crippen LogP contribution in [0, 0.1) is 17.3 Å². The molecule has 0 aliphatic carbocycles. The molecule has 0 heterocycles. The van der Waals surface area contributed by atoms with Crippen molar-refractivity contribution in [2.24, 2.45) is 17.3 Å². The molecule has 0 unspecified atom stereocenters. The summed E-state index contributed by atoms with van der Waals surface area (Å²) in [6.45, 7) is 7.03. The van der Waals surface area contributed by atoms with Crippen LogP contribution in [0.4, 0.5) is 0 Å². The van der Waals surface area contributed by atoms with E-state index in [2.05, 4.69) is 27.7 Å². The number of aliphatic hydroxyl groups is 4. The van der Waals surface area contributed by atoms with E-state index in [9.17, 15) is 19.6 Å². The standard InChI is InChI=1S/C16H38O5P2.C5H12O4/c1-15(2)11-7-5-9-13-22(17,18)21-23(19,20)14-10-6-8-12-16(3)4;6-1-5(2-7,3-8)4-9/h15-20H,5-14H2,1-4H3;6-9H,1-4H2/q+2;. The monoisotopic (exact) mass is 508 g/mol. The highest BCUT2D eigenvalue weighted by Crippen LogP contribution is 2.69. The first kappa shape index (κ1) is 34.7. The lowest BCUT2D eigenvalue weighted by molar-refractivity contribution is -0.0328. The molecule has 11 heteroatoms. The summed E-state index contributed by atoms with van der Waals surface area (Å²) in [6, 6.07) is 0. The smallest absolute Gasteiger partial charge is 0.396 e. The third kappa shape index (κ3) is 19.9. The van der Waals surface area contributed by atoms with E-state index in [1.165, 1.54) is 0 Å². The van der Waals surface area contributed by atoms with Gasteiger partial charge in [0, 0.05) is 4.31 Å². The van der Waals surface area contributed by atoms with Crippen LogP contribution in [0.1, 0.15) is 79.1 Å². The van der Waals surface area contributed by atoms with Crippen LogP contribution in [-0.4, -0.2) is 78.8 Å². The highest BCUT2D eigenvalue weighted by Gasteiger charge is 2.53. The Morgan fingerprint density at radius 1 is 0.562 bits per heavy atom. The fourth-order valence-electron chi connectivity index (χ4n) is 2.69. The summed E-state index contributed by atoms with van der Waals surface area (Å²) < 4.78 is 4.93. The topological polar surface area (TPSA) is 171 Å². The zero-order valence-electron chi connectivity index (χ0n) is 20.4. The lowest BCUT2D eigenvalue weighted by Crippen LogP contribution is -2.37. The minimum absolute atomic E-state index is 0.112. The molecule has 0 radical (unpaired) electrons. The lowest BCUT2D eigenvalue weighted by Gasteiger charge is -2.23. The van der Waals surface area contributed by atoms with E-state index < -0.39 is 47.7 Å². The Labute approximate surface area is 195 Å². The summed E-state index contributed by atoms with van der Waals surface area (Å²) in [5.74, 6) is 1.30. The molecule has 0 aliphatic heterocycles. The van der Waals surface area contributed by atoms with Gasteiger partial charge < -0.3 is 20.4 Å². The molecule has 0 fully saturated rings. The molecular formula is C21H50O9P2+2. The second-order valence-corrected chi connectivity index (χ2v) is 13.7. The average Bonchev–Trinajstić information content (AvgIpc) is 2.68. The number of rotatable bonds is 18. The largest absolute Gasteiger partial charge is 0.461 e. The lowest BCUT2D eigenvalue weighted by atomic mass is 9.93. The van der Waals surface area contributed by atoms with Crippen molar-refractivity contribution in [2.75, 3.05) is 38.8 Å². The van der Waals surface area contributed by atoms with Gasteiger partial charge in [-0.25, -0.2) is 0 Å². The molecule has 0 aliphatic rings. The van der Waals surface area contributed by atoms with Gasteiger partial charge in [0.15, 0.2) is 0 Å². The van der Waals surface area contributed by atoms with Crippen molar-refractivity contribution in [3.05, 3.63) is 0 Å². The molecule has 0 aromatic rings. The molecule has 0 saturated carbocycles. The van der Waals surface area contributed by atoms with Crippen LogP contribution in [0.25, 0.3) is 0 Å². The van der Waals surface area contributed by atoms with Gasteiger partial charge in [0.05, 0.1) is 31.8 Å². The Morgan fingerprint density at radius 3 is 1.09 bits per heavy atom. The second kappa shape index (κ2) is 18.8. The summed E-state index contributed by atoms with van der Waals surface area (Å²) in [6.07, 6.45) is 7.65. The summed E-state index contributed by atoms with van der Waals surface area (Å²) in [5.41, 5.74) is -1.11. The van der Waals surface area contributed by atoms with E-state index in [4.69, 9.17) is 24.7 Å². The minimum atomic E-state index is -3.65. The molecule has 0 atom stereocenters. The molecule has 196 valence electrons. The molecule has 0 rings (SSSR count). The van der Waals surface area contributed by atoms with Crippen molar-refractivity contribution in [1.29, 1.82) is 0 Å². The van der Waals surface area contributed by atoms with E-state index >= 15 is 0 Å². The summed E-state index contributed by atoms with van der Waals surface area (Å²) in [4.78, 5) is 39.5. The first-order chi connectivity index (χ1) is 14.8. The van der Waals surface area contributed by atoms with Crippen molar-refractivity contribution in [2.45, 2.75) is 79.1 Å². The Hall–Kier alpha value is 0.500. The van der Waals surface area contributed by atoms with Gasteiger partial charge >= 0.3 is 15.9 Å². The molecule has 0 spiro atoms. The van der Waals surface area contributed by atoms with Crippen LogP contribution in [0.5, 0.6) is 0 Å².